The molecule has 106 valence electrons. The van der Waals surface area contributed by atoms with Crippen LogP contribution in [-0.4, -0.2) is 29.1 Å². The maximum absolute atomic E-state index is 10.9. The number of hydrogen-bond acceptors (Lipinski definition) is 2. The number of carboxylic acids is 1. The molecule has 19 heavy (non-hydrogen) atoms. The summed E-state index contributed by atoms with van der Waals surface area (Å²) in [5.41, 5.74) is 1.28. The van der Waals surface area contributed by atoms with E-state index in [4.69, 9.17) is 5.11 Å². The molecule has 0 bridgehead atoms. The van der Waals surface area contributed by atoms with Gasteiger partial charge in [0.25, 0.3) is 0 Å². The molecule has 1 fully saturated rings. The lowest BCUT2D eigenvalue weighted by molar-refractivity contribution is -0.143. The first-order valence-corrected chi connectivity index (χ1v) is 7.09. The standard InChI is InChI=1S/C14H18BrNO2.ClH/c1-10(11-2-4-13(15)5-3-11)16-8-6-12(7-9-16)14(17)18;/h2-5,10,12H,6-9H2,1H3,(H,17,18);1H. The van der Waals surface area contributed by atoms with E-state index in [1.54, 1.807) is 0 Å². The molecule has 0 spiro atoms. The molecule has 1 unspecified atom stereocenters. The highest BCUT2D eigenvalue weighted by molar-refractivity contribution is 9.10. The molecule has 2 rings (SSSR count). The number of carboxylic acid groups (broad SMARTS) is 1. The summed E-state index contributed by atoms with van der Waals surface area (Å²) in [4.78, 5) is 13.3. The third-order valence-electron chi connectivity index (χ3n) is 3.78. The van der Waals surface area contributed by atoms with Gasteiger partial charge >= 0.3 is 5.97 Å². The molecule has 3 nitrogen and oxygen atoms in total. The van der Waals surface area contributed by atoms with E-state index in [2.05, 4.69) is 52.0 Å². The topological polar surface area (TPSA) is 40.5 Å². The lowest BCUT2D eigenvalue weighted by Gasteiger charge is -2.35. The lowest BCUT2D eigenvalue weighted by Crippen LogP contribution is -2.37. The smallest absolute Gasteiger partial charge is 0.306 e. The van der Waals surface area contributed by atoms with Crippen LogP contribution >= 0.6 is 28.3 Å². The number of hydrogen-bond donors (Lipinski definition) is 1. The van der Waals surface area contributed by atoms with Crippen molar-refractivity contribution in [2.24, 2.45) is 5.92 Å². The minimum atomic E-state index is -0.647. The summed E-state index contributed by atoms with van der Waals surface area (Å²) in [5.74, 6) is -0.802. The number of carbonyl (C=O) groups is 1. The maximum Gasteiger partial charge on any atom is 0.306 e. The van der Waals surface area contributed by atoms with Crippen molar-refractivity contribution in [2.75, 3.05) is 13.1 Å². The van der Waals surface area contributed by atoms with Crippen molar-refractivity contribution in [3.63, 3.8) is 0 Å². The molecule has 1 atom stereocenters. The van der Waals surface area contributed by atoms with E-state index in [1.807, 2.05) is 0 Å². The largest absolute Gasteiger partial charge is 0.481 e. The Morgan fingerprint density at radius 1 is 1.32 bits per heavy atom. The number of nitrogens with zero attached hydrogens (tertiary/aromatic N) is 1. The minimum Gasteiger partial charge on any atom is -0.481 e. The molecule has 1 aromatic carbocycles. The second-order valence-electron chi connectivity index (χ2n) is 4.88. The summed E-state index contributed by atoms with van der Waals surface area (Å²) in [5, 5.41) is 8.99. The zero-order valence-electron chi connectivity index (χ0n) is 10.9. The predicted octanol–water partition coefficient (Wildman–Crippen LogP) is 3.73. The Labute approximate surface area is 128 Å². The summed E-state index contributed by atoms with van der Waals surface area (Å²) in [6.07, 6.45) is 1.52. The normalized spacial score (nSPS) is 18.6. The second kappa shape index (κ2) is 7.27. The maximum atomic E-state index is 10.9. The van der Waals surface area contributed by atoms with Crippen molar-refractivity contribution in [2.45, 2.75) is 25.8 Å². The van der Waals surface area contributed by atoms with Gasteiger partial charge in [0.1, 0.15) is 0 Å². The van der Waals surface area contributed by atoms with Crippen LogP contribution in [0.3, 0.4) is 0 Å². The van der Waals surface area contributed by atoms with Crippen molar-refractivity contribution >= 4 is 34.3 Å². The van der Waals surface area contributed by atoms with Crippen LogP contribution in [0.2, 0.25) is 0 Å². The Morgan fingerprint density at radius 3 is 2.32 bits per heavy atom. The lowest BCUT2D eigenvalue weighted by atomic mass is 9.95. The van der Waals surface area contributed by atoms with E-state index in [0.717, 1.165) is 30.4 Å². The molecule has 1 heterocycles. The molecule has 1 N–H and O–H groups in total. The van der Waals surface area contributed by atoms with Gasteiger partial charge in [0.15, 0.2) is 0 Å². The van der Waals surface area contributed by atoms with Gasteiger partial charge in [-0.2, -0.15) is 0 Å². The van der Waals surface area contributed by atoms with Crippen LogP contribution in [-0.2, 0) is 4.79 Å². The van der Waals surface area contributed by atoms with E-state index in [-0.39, 0.29) is 18.3 Å². The van der Waals surface area contributed by atoms with E-state index in [1.165, 1.54) is 5.56 Å². The van der Waals surface area contributed by atoms with Crippen LogP contribution in [0.15, 0.2) is 28.7 Å². The highest BCUT2D eigenvalue weighted by Gasteiger charge is 2.27. The molecule has 0 saturated carbocycles. The summed E-state index contributed by atoms with van der Waals surface area (Å²) < 4.78 is 1.09. The first-order valence-electron chi connectivity index (χ1n) is 6.30. The molecular formula is C14H19BrClNO2. The molecule has 1 aromatic rings. The van der Waals surface area contributed by atoms with Crippen molar-refractivity contribution in [1.82, 2.24) is 4.90 Å². The number of benzene rings is 1. The van der Waals surface area contributed by atoms with E-state index in [9.17, 15) is 4.79 Å². The SMILES string of the molecule is CC(c1ccc(Br)cc1)N1CCC(C(=O)O)CC1.Cl. The Balaban J connectivity index is 0.00000180. The van der Waals surface area contributed by atoms with Crippen molar-refractivity contribution in [3.8, 4) is 0 Å². The van der Waals surface area contributed by atoms with Gasteiger partial charge in [-0.25, -0.2) is 0 Å². The van der Waals surface area contributed by atoms with Crippen LogP contribution < -0.4 is 0 Å². The van der Waals surface area contributed by atoms with Crippen LogP contribution in [0, 0.1) is 5.92 Å². The van der Waals surface area contributed by atoms with Crippen LogP contribution in [0.5, 0.6) is 0 Å². The molecule has 0 aliphatic carbocycles. The van der Waals surface area contributed by atoms with Gasteiger partial charge in [-0.3, -0.25) is 9.69 Å². The Hall–Kier alpha value is -0.580. The predicted molar refractivity (Wildman–Crippen MR) is 81.7 cm³/mol. The van der Waals surface area contributed by atoms with Crippen molar-refractivity contribution in [1.29, 1.82) is 0 Å². The number of aliphatic carboxylic acids is 1. The Morgan fingerprint density at radius 2 is 1.84 bits per heavy atom. The molecule has 1 saturated heterocycles. The number of likely N-dealkylation sites (tertiary alicyclic amines) is 1. The molecule has 1 aliphatic heterocycles. The first kappa shape index (κ1) is 16.5. The first-order chi connectivity index (χ1) is 8.58. The highest BCUT2D eigenvalue weighted by atomic mass is 79.9. The molecule has 0 radical (unpaired) electrons. The van der Waals surface area contributed by atoms with Gasteiger partial charge in [0.2, 0.25) is 0 Å². The second-order valence-corrected chi connectivity index (χ2v) is 5.79. The fourth-order valence-corrected chi connectivity index (χ4v) is 2.75. The van der Waals surface area contributed by atoms with Crippen LogP contribution in [0.25, 0.3) is 0 Å². The van der Waals surface area contributed by atoms with Gasteiger partial charge in [0, 0.05) is 10.5 Å². The quantitative estimate of drug-likeness (QED) is 0.905. The number of rotatable bonds is 3. The van der Waals surface area contributed by atoms with Gasteiger partial charge < -0.3 is 5.11 Å². The van der Waals surface area contributed by atoms with Gasteiger partial charge in [-0.15, -0.1) is 12.4 Å². The van der Waals surface area contributed by atoms with Gasteiger partial charge in [-0.05, 0) is 50.6 Å². The minimum absolute atomic E-state index is 0. The summed E-state index contributed by atoms with van der Waals surface area (Å²) in [6, 6.07) is 8.70. The third kappa shape index (κ3) is 4.20. The molecule has 0 amide bonds. The molecular weight excluding hydrogens is 330 g/mol. The molecule has 1 aliphatic rings. The van der Waals surface area contributed by atoms with Gasteiger partial charge in [-0.1, -0.05) is 28.1 Å². The fourth-order valence-electron chi connectivity index (χ4n) is 2.49. The fraction of sp³-hybridized carbons (Fsp3) is 0.500. The Kier molecular flexibility index (Phi) is 6.30. The number of halogens is 2. The number of piperidine rings is 1. The monoisotopic (exact) mass is 347 g/mol. The average Bonchev–Trinajstić information content (AvgIpc) is 2.39. The highest BCUT2D eigenvalue weighted by Crippen LogP contribution is 2.27. The zero-order valence-corrected chi connectivity index (χ0v) is 13.3. The zero-order chi connectivity index (χ0) is 13.1. The molecule has 5 heteroatoms. The summed E-state index contributed by atoms with van der Waals surface area (Å²) >= 11 is 3.44. The van der Waals surface area contributed by atoms with E-state index < -0.39 is 5.97 Å². The summed E-state index contributed by atoms with van der Waals surface area (Å²) in [6.45, 7) is 3.92. The molecule has 0 aromatic heterocycles. The summed E-state index contributed by atoms with van der Waals surface area (Å²) in [7, 11) is 0. The Bertz CT molecular complexity index is 416. The third-order valence-corrected chi connectivity index (χ3v) is 4.31. The van der Waals surface area contributed by atoms with E-state index in [0.29, 0.717) is 6.04 Å². The average molecular weight is 349 g/mol. The van der Waals surface area contributed by atoms with E-state index >= 15 is 0 Å². The van der Waals surface area contributed by atoms with Crippen molar-refractivity contribution < 1.29 is 9.90 Å². The van der Waals surface area contributed by atoms with Gasteiger partial charge in [0.05, 0.1) is 5.92 Å². The van der Waals surface area contributed by atoms with Crippen molar-refractivity contribution in [3.05, 3.63) is 34.3 Å². The van der Waals surface area contributed by atoms with Crippen LogP contribution in [0.1, 0.15) is 31.4 Å². The van der Waals surface area contributed by atoms with Crippen LogP contribution in [0.4, 0.5) is 0 Å².